The SMILES string of the molecule is CC1CCC(NC(=O)c2cn(-c3ccc(C(F)(F)F)cn3)nn2)(C(=O)O)CC1. The summed E-state index contributed by atoms with van der Waals surface area (Å²) in [5, 5.41) is 19.5. The highest BCUT2D eigenvalue weighted by Crippen LogP contribution is 2.32. The average molecular weight is 397 g/mol. The summed E-state index contributed by atoms with van der Waals surface area (Å²) in [6, 6.07) is 1.94. The lowest BCUT2D eigenvalue weighted by atomic mass is 9.77. The molecule has 11 heteroatoms. The number of carbonyl (C=O) groups excluding carboxylic acids is 1. The van der Waals surface area contributed by atoms with E-state index in [0.29, 0.717) is 37.8 Å². The van der Waals surface area contributed by atoms with Gasteiger partial charge in [0.15, 0.2) is 11.5 Å². The normalized spacial score (nSPS) is 22.6. The molecule has 0 aromatic carbocycles. The number of alkyl halides is 3. The zero-order valence-electron chi connectivity index (χ0n) is 14.9. The largest absolute Gasteiger partial charge is 0.480 e. The van der Waals surface area contributed by atoms with Gasteiger partial charge in [0.1, 0.15) is 5.54 Å². The average Bonchev–Trinajstić information content (AvgIpc) is 3.13. The standard InChI is InChI=1S/C17H18F3N5O3/c1-10-4-6-16(7-5-10,15(27)28)22-14(26)12-9-25(24-23-12)13-3-2-11(8-21-13)17(18,19)20/h2-3,8-10H,4-7H2,1H3,(H,22,26)(H,27,28). The number of pyridine rings is 1. The molecule has 0 aliphatic heterocycles. The Bertz CT molecular complexity index is 871. The Hall–Kier alpha value is -2.98. The maximum atomic E-state index is 12.6. The van der Waals surface area contributed by atoms with E-state index in [1.807, 2.05) is 6.92 Å². The molecule has 1 aliphatic carbocycles. The highest BCUT2D eigenvalue weighted by atomic mass is 19.4. The fourth-order valence-corrected chi connectivity index (χ4v) is 3.10. The molecule has 2 heterocycles. The number of nitrogens with one attached hydrogen (secondary N) is 1. The van der Waals surface area contributed by atoms with Gasteiger partial charge in [-0.1, -0.05) is 12.1 Å². The Labute approximate surface area is 157 Å². The number of nitrogens with zero attached hydrogens (tertiary/aromatic N) is 4. The minimum Gasteiger partial charge on any atom is -0.480 e. The van der Waals surface area contributed by atoms with E-state index >= 15 is 0 Å². The summed E-state index contributed by atoms with van der Waals surface area (Å²) in [6.07, 6.45) is -0.704. The summed E-state index contributed by atoms with van der Waals surface area (Å²) in [6.45, 7) is 2.02. The van der Waals surface area contributed by atoms with Crippen molar-refractivity contribution < 1.29 is 27.9 Å². The van der Waals surface area contributed by atoms with E-state index in [9.17, 15) is 27.9 Å². The molecule has 2 N–H and O–H groups in total. The van der Waals surface area contributed by atoms with E-state index in [2.05, 4.69) is 20.6 Å². The van der Waals surface area contributed by atoms with Crippen molar-refractivity contribution in [1.82, 2.24) is 25.3 Å². The first-order valence-electron chi connectivity index (χ1n) is 8.63. The van der Waals surface area contributed by atoms with Crippen LogP contribution in [0.25, 0.3) is 5.82 Å². The second kappa shape index (κ2) is 7.21. The summed E-state index contributed by atoms with van der Waals surface area (Å²) in [5.74, 6) is -1.39. The van der Waals surface area contributed by atoms with Crippen LogP contribution < -0.4 is 5.32 Å². The Morgan fingerprint density at radius 3 is 2.50 bits per heavy atom. The van der Waals surface area contributed by atoms with E-state index in [4.69, 9.17) is 0 Å². The lowest BCUT2D eigenvalue weighted by Crippen LogP contribution is -2.56. The van der Waals surface area contributed by atoms with Crippen LogP contribution >= 0.6 is 0 Å². The fraction of sp³-hybridized carbons (Fsp3) is 0.471. The summed E-state index contributed by atoms with van der Waals surface area (Å²) in [5.41, 5.74) is -2.43. The van der Waals surface area contributed by atoms with Gasteiger partial charge in [-0.15, -0.1) is 5.10 Å². The van der Waals surface area contributed by atoms with E-state index in [1.54, 1.807) is 0 Å². The molecule has 0 radical (unpaired) electrons. The summed E-state index contributed by atoms with van der Waals surface area (Å²) >= 11 is 0. The van der Waals surface area contributed by atoms with Crippen LogP contribution in [0.2, 0.25) is 0 Å². The van der Waals surface area contributed by atoms with E-state index in [-0.39, 0.29) is 11.5 Å². The molecular weight excluding hydrogens is 379 g/mol. The molecule has 1 fully saturated rings. The highest BCUT2D eigenvalue weighted by Gasteiger charge is 2.43. The maximum Gasteiger partial charge on any atom is 0.417 e. The smallest absolute Gasteiger partial charge is 0.417 e. The number of aromatic nitrogens is 4. The van der Waals surface area contributed by atoms with Crippen LogP contribution in [-0.2, 0) is 11.0 Å². The lowest BCUT2D eigenvalue weighted by molar-refractivity contribution is -0.146. The minimum atomic E-state index is -4.51. The van der Waals surface area contributed by atoms with Crippen molar-refractivity contribution in [3.63, 3.8) is 0 Å². The molecule has 150 valence electrons. The molecular formula is C17H18F3N5O3. The van der Waals surface area contributed by atoms with E-state index in [1.165, 1.54) is 6.20 Å². The monoisotopic (exact) mass is 397 g/mol. The Kier molecular flexibility index (Phi) is 5.09. The maximum absolute atomic E-state index is 12.6. The van der Waals surface area contributed by atoms with Crippen LogP contribution in [0.5, 0.6) is 0 Å². The fourth-order valence-electron chi connectivity index (χ4n) is 3.10. The van der Waals surface area contributed by atoms with E-state index < -0.39 is 29.2 Å². The third kappa shape index (κ3) is 3.97. The van der Waals surface area contributed by atoms with Crippen LogP contribution in [0.1, 0.15) is 48.7 Å². The van der Waals surface area contributed by atoms with Gasteiger partial charge in [-0.25, -0.2) is 14.5 Å². The predicted molar refractivity (Wildman–Crippen MR) is 89.6 cm³/mol. The number of amides is 1. The first-order chi connectivity index (χ1) is 13.1. The van der Waals surface area contributed by atoms with Crippen LogP contribution in [0.15, 0.2) is 24.5 Å². The first-order valence-corrected chi connectivity index (χ1v) is 8.63. The lowest BCUT2D eigenvalue weighted by Gasteiger charge is -2.36. The molecule has 8 nitrogen and oxygen atoms in total. The Balaban J connectivity index is 1.76. The number of halogens is 3. The summed E-state index contributed by atoms with van der Waals surface area (Å²) in [7, 11) is 0. The highest BCUT2D eigenvalue weighted by molar-refractivity contribution is 5.96. The molecule has 1 saturated carbocycles. The van der Waals surface area contributed by atoms with Crippen molar-refractivity contribution >= 4 is 11.9 Å². The molecule has 0 bridgehead atoms. The number of hydrogen-bond acceptors (Lipinski definition) is 5. The zero-order chi connectivity index (χ0) is 20.5. The van der Waals surface area contributed by atoms with Crippen molar-refractivity contribution in [2.24, 2.45) is 5.92 Å². The molecule has 2 aromatic heterocycles. The van der Waals surface area contributed by atoms with Gasteiger partial charge in [-0.05, 0) is 43.7 Å². The van der Waals surface area contributed by atoms with Gasteiger partial charge < -0.3 is 10.4 Å². The zero-order valence-corrected chi connectivity index (χ0v) is 14.9. The van der Waals surface area contributed by atoms with Gasteiger partial charge in [0.2, 0.25) is 0 Å². The Morgan fingerprint density at radius 2 is 1.96 bits per heavy atom. The molecule has 1 aliphatic rings. The second-order valence-corrected chi connectivity index (χ2v) is 6.98. The van der Waals surface area contributed by atoms with Crippen LogP contribution in [0, 0.1) is 5.92 Å². The van der Waals surface area contributed by atoms with Gasteiger partial charge in [-0.2, -0.15) is 13.2 Å². The molecule has 1 amide bonds. The molecule has 0 atom stereocenters. The van der Waals surface area contributed by atoms with Crippen LogP contribution in [0.4, 0.5) is 13.2 Å². The minimum absolute atomic E-state index is 0.0407. The first kappa shape index (κ1) is 19.8. The van der Waals surface area contributed by atoms with Crippen molar-refractivity contribution in [3.05, 3.63) is 35.8 Å². The Morgan fingerprint density at radius 1 is 1.29 bits per heavy atom. The molecule has 2 aromatic rings. The third-order valence-electron chi connectivity index (χ3n) is 4.93. The predicted octanol–water partition coefficient (Wildman–Crippen LogP) is 2.44. The van der Waals surface area contributed by atoms with Crippen molar-refractivity contribution in [2.45, 2.75) is 44.3 Å². The number of carboxylic acid groups (broad SMARTS) is 1. The molecule has 28 heavy (non-hydrogen) atoms. The molecule has 0 unspecified atom stereocenters. The molecule has 3 rings (SSSR count). The second-order valence-electron chi connectivity index (χ2n) is 6.98. The quantitative estimate of drug-likeness (QED) is 0.820. The number of hydrogen-bond donors (Lipinski definition) is 2. The number of carbonyl (C=O) groups is 2. The van der Waals surface area contributed by atoms with Crippen LogP contribution in [0.3, 0.4) is 0 Å². The van der Waals surface area contributed by atoms with Crippen LogP contribution in [-0.4, -0.2) is 42.5 Å². The van der Waals surface area contributed by atoms with Gasteiger partial charge >= 0.3 is 12.1 Å². The van der Waals surface area contributed by atoms with Gasteiger partial charge in [-0.3, -0.25) is 4.79 Å². The van der Waals surface area contributed by atoms with Gasteiger partial charge in [0.05, 0.1) is 11.8 Å². The van der Waals surface area contributed by atoms with Gasteiger partial charge in [0.25, 0.3) is 5.91 Å². The topological polar surface area (TPSA) is 110 Å². The van der Waals surface area contributed by atoms with Crippen molar-refractivity contribution in [3.8, 4) is 5.82 Å². The third-order valence-corrected chi connectivity index (χ3v) is 4.93. The van der Waals surface area contributed by atoms with E-state index in [0.717, 1.165) is 16.8 Å². The van der Waals surface area contributed by atoms with Crippen molar-refractivity contribution in [1.29, 1.82) is 0 Å². The number of rotatable bonds is 4. The number of carboxylic acids is 1. The summed E-state index contributed by atoms with van der Waals surface area (Å²) < 4.78 is 38.9. The molecule has 0 spiro atoms. The summed E-state index contributed by atoms with van der Waals surface area (Å²) in [4.78, 5) is 27.9. The van der Waals surface area contributed by atoms with Gasteiger partial charge in [0, 0.05) is 6.20 Å². The molecule has 0 saturated heterocycles. The number of aliphatic carboxylic acids is 1. The van der Waals surface area contributed by atoms with Crippen molar-refractivity contribution in [2.75, 3.05) is 0 Å².